The third-order valence-electron chi connectivity index (χ3n) is 6.32. The smallest absolute Gasteiger partial charge is 0.321 e. The Morgan fingerprint density at radius 1 is 1.13 bits per heavy atom. The van der Waals surface area contributed by atoms with E-state index >= 15 is 0 Å². The minimum atomic E-state index is -0.131. The van der Waals surface area contributed by atoms with Crippen molar-refractivity contribution in [2.75, 3.05) is 44.6 Å². The first kappa shape index (κ1) is 21.5. The molecular weight excluding hydrogens is 394 g/mol. The lowest BCUT2D eigenvalue weighted by molar-refractivity contribution is -0.136. The van der Waals surface area contributed by atoms with Gasteiger partial charge in [0, 0.05) is 50.2 Å². The number of hydrogen-bond donors (Lipinski definition) is 1. The zero-order valence-corrected chi connectivity index (χ0v) is 18.8. The van der Waals surface area contributed by atoms with E-state index in [1.807, 2.05) is 15.6 Å². The van der Waals surface area contributed by atoms with Crippen LogP contribution in [0.5, 0.6) is 0 Å². The van der Waals surface area contributed by atoms with E-state index in [9.17, 15) is 9.59 Å². The summed E-state index contributed by atoms with van der Waals surface area (Å²) < 4.78 is 1.87. The molecule has 168 valence electrons. The van der Waals surface area contributed by atoms with Gasteiger partial charge in [-0.2, -0.15) is 5.10 Å². The first-order valence-electron chi connectivity index (χ1n) is 11.3. The Balaban J connectivity index is 1.28. The lowest BCUT2D eigenvalue weighted by Gasteiger charge is -2.38. The second-order valence-corrected chi connectivity index (χ2v) is 8.94. The largest absolute Gasteiger partial charge is 0.339 e. The van der Waals surface area contributed by atoms with Crippen molar-refractivity contribution in [3.05, 3.63) is 18.5 Å². The number of fused-ring (bicyclic) bond motifs is 1. The van der Waals surface area contributed by atoms with Gasteiger partial charge in [0.2, 0.25) is 5.91 Å². The number of aromatic nitrogens is 3. The van der Waals surface area contributed by atoms with Gasteiger partial charge in [-0.05, 0) is 46.1 Å². The lowest BCUT2D eigenvalue weighted by atomic mass is 10.0. The molecule has 4 rings (SSSR count). The van der Waals surface area contributed by atoms with Crippen LogP contribution in [-0.2, 0) is 4.79 Å². The van der Waals surface area contributed by atoms with E-state index in [1.54, 1.807) is 17.3 Å². The fraction of sp³-hybridized carbons (Fsp3) is 0.636. The maximum absolute atomic E-state index is 12.7. The monoisotopic (exact) mass is 427 g/mol. The number of piperazine rings is 1. The van der Waals surface area contributed by atoms with Crippen molar-refractivity contribution in [2.24, 2.45) is 0 Å². The Kier molecular flexibility index (Phi) is 6.41. The summed E-state index contributed by atoms with van der Waals surface area (Å²) in [5.74, 6) is 0.214. The predicted octanol–water partition coefficient (Wildman–Crippen LogP) is 2.56. The average Bonchev–Trinajstić information content (AvgIpc) is 3.18. The van der Waals surface area contributed by atoms with Crippen molar-refractivity contribution in [3.8, 4) is 0 Å². The number of piperidine rings is 1. The van der Waals surface area contributed by atoms with Gasteiger partial charge < -0.3 is 15.1 Å². The molecule has 0 spiro atoms. The number of carbonyl (C=O) groups excluding carboxylic acids is 2. The summed E-state index contributed by atoms with van der Waals surface area (Å²) in [6.07, 6.45) is 6.86. The van der Waals surface area contributed by atoms with Crippen LogP contribution in [0.25, 0.3) is 11.0 Å². The molecule has 0 bridgehead atoms. The molecule has 1 atom stereocenters. The SMILES string of the molecule is CC(C)n1ncc2cc(NC(=O)N3CCN(CC(=O)N4CCCC[C@@H]4C)CC3)cnc21. The van der Waals surface area contributed by atoms with Crippen molar-refractivity contribution in [2.45, 2.75) is 52.1 Å². The highest BCUT2D eigenvalue weighted by molar-refractivity contribution is 5.91. The highest BCUT2D eigenvalue weighted by Crippen LogP contribution is 2.20. The van der Waals surface area contributed by atoms with Crippen LogP contribution < -0.4 is 5.32 Å². The van der Waals surface area contributed by atoms with Gasteiger partial charge in [0.25, 0.3) is 0 Å². The van der Waals surface area contributed by atoms with E-state index in [0.29, 0.717) is 44.5 Å². The molecule has 2 saturated heterocycles. The fourth-order valence-corrected chi connectivity index (χ4v) is 4.45. The van der Waals surface area contributed by atoms with Crippen LogP contribution in [-0.4, -0.2) is 86.7 Å². The van der Waals surface area contributed by atoms with E-state index in [2.05, 4.69) is 41.1 Å². The zero-order valence-electron chi connectivity index (χ0n) is 18.8. The predicted molar refractivity (Wildman–Crippen MR) is 120 cm³/mol. The number of carbonyl (C=O) groups is 2. The molecule has 3 amide bonds. The minimum Gasteiger partial charge on any atom is -0.339 e. The average molecular weight is 428 g/mol. The second kappa shape index (κ2) is 9.21. The Morgan fingerprint density at radius 3 is 2.61 bits per heavy atom. The summed E-state index contributed by atoms with van der Waals surface area (Å²) in [7, 11) is 0. The van der Waals surface area contributed by atoms with Crippen LogP contribution in [0, 0.1) is 0 Å². The molecular formula is C22H33N7O2. The number of likely N-dealkylation sites (tertiary alicyclic amines) is 1. The normalized spacial score (nSPS) is 20.5. The van der Waals surface area contributed by atoms with Gasteiger partial charge in [0.05, 0.1) is 24.6 Å². The molecule has 1 N–H and O–H groups in total. The summed E-state index contributed by atoms with van der Waals surface area (Å²) in [5, 5.41) is 8.22. The lowest BCUT2D eigenvalue weighted by Crippen LogP contribution is -2.53. The highest BCUT2D eigenvalue weighted by Gasteiger charge is 2.27. The summed E-state index contributed by atoms with van der Waals surface area (Å²) in [6.45, 7) is 10.2. The van der Waals surface area contributed by atoms with Crippen LogP contribution in [0.2, 0.25) is 0 Å². The molecule has 0 radical (unpaired) electrons. The van der Waals surface area contributed by atoms with E-state index in [-0.39, 0.29) is 18.0 Å². The van der Waals surface area contributed by atoms with Crippen LogP contribution in [0.4, 0.5) is 10.5 Å². The Hall–Kier alpha value is -2.68. The van der Waals surface area contributed by atoms with Gasteiger partial charge in [-0.25, -0.2) is 14.5 Å². The molecule has 2 aliphatic rings. The molecule has 0 saturated carbocycles. The molecule has 31 heavy (non-hydrogen) atoms. The van der Waals surface area contributed by atoms with Crippen LogP contribution in [0.1, 0.15) is 46.1 Å². The third-order valence-corrected chi connectivity index (χ3v) is 6.32. The third kappa shape index (κ3) is 4.81. The second-order valence-electron chi connectivity index (χ2n) is 8.94. The topological polar surface area (TPSA) is 86.6 Å². The van der Waals surface area contributed by atoms with Gasteiger partial charge in [-0.1, -0.05) is 0 Å². The molecule has 4 heterocycles. The maximum atomic E-state index is 12.7. The van der Waals surface area contributed by atoms with Crippen molar-refractivity contribution in [1.82, 2.24) is 29.5 Å². The molecule has 2 aromatic rings. The first-order valence-corrected chi connectivity index (χ1v) is 11.3. The number of nitrogens with zero attached hydrogens (tertiary/aromatic N) is 6. The van der Waals surface area contributed by atoms with Gasteiger partial charge >= 0.3 is 6.03 Å². The number of anilines is 1. The van der Waals surface area contributed by atoms with Gasteiger partial charge in [0.15, 0.2) is 5.65 Å². The Bertz CT molecular complexity index is 933. The number of nitrogens with one attached hydrogen (secondary N) is 1. The highest BCUT2D eigenvalue weighted by atomic mass is 16.2. The first-order chi connectivity index (χ1) is 14.9. The molecule has 9 heteroatoms. The number of rotatable bonds is 4. The van der Waals surface area contributed by atoms with Crippen molar-refractivity contribution < 1.29 is 9.59 Å². The summed E-state index contributed by atoms with van der Waals surface area (Å²) in [5.41, 5.74) is 1.48. The van der Waals surface area contributed by atoms with Gasteiger partial charge in [-0.3, -0.25) is 9.69 Å². The van der Waals surface area contributed by atoms with Crippen LogP contribution in [0.15, 0.2) is 18.5 Å². The van der Waals surface area contributed by atoms with Crippen molar-refractivity contribution in [1.29, 1.82) is 0 Å². The number of amides is 3. The van der Waals surface area contributed by atoms with Crippen molar-refractivity contribution >= 4 is 28.7 Å². The van der Waals surface area contributed by atoms with Gasteiger partial charge in [0.1, 0.15) is 0 Å². The molecule has 9 nitrogen and oxygen atoms in total. The Morgan fingerprint density at radius 2 is 1.90 bits per heavy atom. The number of urea groups is 1. The maximum Gasteiger partial charge on any atom is 0.321 e. The summed E-state index contributed by atoms with van der Waals surface area (Å²) >= 11 is 0. The fourth-order valence-electron chi connectivity index (χ4n) is 4.45. The quantitative estimate of drug-likeness (QED) is 0.810. The molecule has 0 aromatic carbocycles. The number of pyridine rings is 1. The van der Waals surface area contributed by atoms with E-state index in [1.165, 1.54) is 6.42 Å². The van der Waals surface area contributed by atoms with E-state index in [0.717, 1.165) is 30.4 Å². The standard InChI is InChI=1S/C22H33N7O2/c1-16(2)29-21-18(13-24-29)12-19(14-23-21)25-22(31)27-10-8-26(9-11-27)15-20(30)28-7-5-4-6-17(28)3/h12-14,16-17H,4-11,15H2,1-3H3,(H,25,31)/t17-/m0/s1. The Labute approximate surface area is 183 Å². The molecule has 0 aliphatic carbocycles. The zero-order chi connectivity index (χ0) is 22.0. The number of hydrogen-bond acceptors (Lipinski definition) is 5. The molecule has 0 unspecified atom stereocenters. The van der Waals surface area contributed by atoms with Crippen molar-refractivity contribution in [3.63, 3.8) is 0 Å². The van der Waals surface area contributed by atoms with Crippen LogP contribution >= 0.6 is 0 Å². The van der Waals surface area contributed by atoms with E-state index in [4.69, 9.17) is 0 Å². The molecule has 2 aliphatic heterocycles. The van der Waals surface area contributed by atoms with E-state index < -0.39 is 0 Å². The summed E-state index contributed by atoms with van der Waals surface area (Å²) in [4.78, 5) is 35.8. The van der Waals surface area contributed by atoms with Gasteiger partial charge in [-0.15, -0.1) is 0 Å². The molecule has 2 fully saturated rings. The summed E-state index contributed by atoms with van der Waals surface area (Å²) in [6, 6.07) is 2.34. The molecule has 2 aromatic heterocycles. The van der Waals surface area contributed by atoms with Crippen LogP contribution in [0.3, 0.4) is 0 Å². The minimum absolute atomic E-state index is 0.131.